The van der Waals surface area contributed by atoms with Gasteiger partial charge in [0.15, 0.2) is 0 Å². The van der Waals surface area contributed by atoms with Crippen LogP contribution < -0.4 is 10.6 Å². The summed E-state index contributed by atoms with van der Waals surface area (Å²) in [5.41, 5.74) is -0.0474. The van der Waals surface area contributed by atoms with E-state index in [-0.39, 0.29) is 30.9 Å². The van der Waals surface area contributed by atoms with Crippen molar-refractivity contribution >= 4 is 17.8 Å². The maximum Gasteiger partial charge on any atom is 0.305 e. The third kappa shape index (κ3) is 4.55. The molecule has 1 heterocycles. The molecule has 2 amide bonds. The first-order chi connectivity index (χ1) is 11.3. The van der Waals surface area contributed by atoms with Gasteiger partial charge in [-0.1, -0.05) is 0 Å². The summed E-state index contributed by atoms with van der Waals surface area (Å²) in [6, 6.07) is 6.27. The Hall–Kier alpha value is -2.41. The molecule has 1 aliphatic rings. The number of amides is 2. The highest BCUT2D eigenvalue weighted by molar-refractivity contribution is 5.98. The Kier molecular flexibility index (Phi) is 5.56. The lowest BCUT2D eigenvalue weighted by Crippen LogP contribution is -2.50. The number of carbonyl (C=O) groups is 3. The first-order valence-electron chi connectivity index (χ1n) is 7.84. The minimum absolute atomic E-state index is 0.0266. The van der Waals surface area contributed by atoms with Crippen molar-refractivity contribution < 1.29 is 24.2 Å². The van der Waals surface area contributed by atoms with Crippen LogP contribution in [0.25, 0.3) is 0 Å². The van der Waals surface area contributed by atoms with E-state index < -0.39 is 11.5 Å². The van der Waals surface area contributed by atoms with Crippen LogP contribution >= 0.6 is 0 Å². The standard InChI is InChI=1S/C17H22N2O5/c1-11(2)18-15(22)12-3-5-13(6-4-12)16(23)19-17(9-14(20)21)7-8-24-10-17/h3-6,11H,7-10H2,1-2H3,(H,18,22)(H,19,23)(H,20,21). The molecule has 7 heteroatoms. The summed E-state index contributed by atoms with van der Waals surface area (Å²) in [5.74, 6) is -1.57. The highest BCUT2D eigenvalue weighted by atomic mass is 16.5. The van der Waals surface area contributed by atoms with Gasteiger partial charge in [0.1, 0.15) is 0 Å². The summed E-state index contributed by atoms with van der Waals surface area (Å²) in [6.45, 7) is 4.33. The smallest absolute Gasteiger partial charge is 0.305 e. The van der Waals surface area contributed by atoms with Gasteiger partial charge in [0, 0.05) is 23.8 Å². The Morgan fingerprint density at radius 2 is 1.75 bits per heavy atom. The molecule has 0 saturated carbocycles. The molecule has 3 N–H and O–H groups in total. The van der Waals surface area contributed by atoms with E-state index in [0.29, 0.717) is 24.2 Å². The molecule has 1 fully saturated rings. The molecular weight excluding hydrogens is 312 g/mol. The second-order valence-corrected chi connectivity index (χ2v) is 6.31. The van der Waals surface area contributed by atoms with Crippen LogP contribution in [0, 0.1) is 0 Å². The molecule has 130 valence electrons. The molecule has 0 radical (unpaired) electrons. The van der Waals surface area contributed by atoms with Crippen LogP contribution in [0.15, 0.2) is 24.3 Å². The Bertz CT molecular complexity index is 618. The molecule has 0 bridgehead atoms. The molecule has 2 rings (SSSR count). The Morgan fingerprint density at radius 3 is 2.21 bits per heavy atom. The number of hydrogen-bond donors (Lipinski definition) is 3. The Morgan fingerprint density at radius 1 is 1.17 bits per heavy atom. The minimum atomic E-state index is -0.985. The van der Waals surface area contributed by atoms with Crippen LogP contribution in [0.4, 0.5) is 0 Å². The summed E-state index contributed by atoms with van der Waals surface area (Å²) >= 11 is 0. The van der Waals surface area contributed by atoms with E-state index in [1.165, 1.54) is 0 Å². The summed E-state index contributed by atoms with van der Waals surface area (Å²) in [6.07, 6.45) is 0.271. The van der Waals surface area contributed by atoms with Crippen LogP contribution in [0.1, 0.15) is 47.4 Å². The van der Waals surface area contributed by atoms with E-state index in [1.54, 1.807) is 24.3 Å². The molecule has 1 atom stereocenters. The monoisotopic (exact) mass is 334 g/mol. The van der Waals surface area contributed by atoms with Crippen LogP contribution in [0.2, 0.25) is 0 Å². The molecule has 7 nitrogen and oxygen atoms in total. The van der Waals surface area contributed by atoms with Gasteiger partial charge in [0.25, 0.3) is 11.8 Å². The van der Waals surface area contributed by atoms with Crippen molar-refractivity contribution in [1.29, 1.82) is 0 Å². The lowest BCUT2D eigenvalue weighted by atomic mass is 9.93. The van der Waals surface area contributed by atoms with Crippen LogP contribution in [0.3, 0.4) is 0 Å². The molecule has 0 aliphatic carbocycles. The zero-order valence-corrected chi connectivity index (χ0v) is 13.8. The van der Waals surface area contributed by atoms with Crippen molar-refractivity contribution in [1.82, 2.24) is 10.6 Å². The van der Waals surface area contributed by atoms with E-state index >= 15 is 0 Å². The van der Waals surface area contributed by atoms with E-state index in [0.717, 1.165) is 0 Å². The van der Waals surface area contributed by atoms with Crippen LogP contribution in [-0.2, 0) is 9.53 Å². The van der Waals surface area contributed by atoms with Gasteiger partial charge in [-0.25, -0.2) is 0 Å². The molecule has 1 aromatic rings. The van der Waals surface area contributed by atoms with Gasteiger partial charge >= 0.3 is 5.97 Å². The van der Waals surface area contributed by atoms with Crippen molar-refractivity contribution in [2.45, 2.75) is 38.3 Å². The molecule has 1 aromatic carbocycles. The fourth-order valence-electron chi connectivity index (χ4n) is 2.61. The number of aliphatic carboxylic acids is 1. The summed E-state index contributed by atoms with van der Waals surface area (Å²) in [4.78, 5) is 35.3. The molecular formula is C17H22N2O5. The van der Waals surface area contributed by atoms with Crippen molar-refractivity contribution in [2.24, 2.45) is 0 Å². The van der Waals surface area contributed by atoms with Gasteiger partial charge in [0.2, 0.25) is 0 Å². The number of carboxylic acid groups (broad SMARTS) is 1. The normalized spacial score (nSPS) is 20.0. The second-order valence-electron chi connectivity index (χ2n) is 6.31. The number of rotatable bonds is 6. The zero-order valence-electron chi connectivity index (χ0n) is 13.8. The van der Waals surface area contributed by atoms with Gasteiger partial charge in [-0.2, -0.15) is 0 Å². The third-order valence-corrected chi connectivity index (χ3v) is 3.80. The Balaban J connectivity index is 2.06. The number of ether oxygens (including phenoxy) is 1. The van der Waals surface area contributed by atoms with Crippen molar-refractivity contribution in [3.63, 3.8) is 0 Å². The highest BCUT2D eigenvalue weighted by Gasteiger charge is 2.38. The quantitative estimate of drug-likeness (QED) is 0.725. The van der Waals surface area contributed by atoms with Crippen LogP contribution in [-0.4, -0.2) is 47.7 Å². The van der Waals surface area contributed by atoms with Crippen molar-refractivity contribution in [3.8, 4) is 0 Å². The Labute approximate surface area is 140 Å². The van der Waals surface area contributed by atoms with E-state index in [4.69, 9.17) is 9.84 Å². The predicted molar refractivity (Wildman–Crippen MR) is 86.9 cm³/mol. The van der Waals surface area contributed by atoms with E-state index in [2.05, 4.69) is 10.6 Å². The fraction of sp³-hybridized carbons (Fsp3) is 0.471. The molecule has 0 spiro atoms. The average Bonchev–Trinajstić information content (AvgIpc) is 2.93. The zero-order chi connectivity index (χ0) is 17.7. The molecule has 0 aromatic heterocycles. The highest BCUT2D eigenvalue weighted by Crippen LogP contribution is 2.23. The summed E-state index contributed by atoms with van der Waals surface area (Å²) in [7, 11) is 0. The van der Waals surface area contributed by atoms with Crippen molar-refractivity contribution in [3.05, 3.63) is 35.4 Å². The third-order valence-electron chi connectivity index (χ3n) is 3.80. The lowest BCUT2D eigenvalue weighted by molar-refractivity contribution is -0.138. The first-order valence-corrected chi connectivity index (χ1v) is 7.84. The van der Waals surface area contributed by atoms with E-state index in [1.807, 2.05) is 13.8 Å². The summed E-state index contributed by atoms with van der Waals surface area (Å²) < 4.78 is 5.25. The van der Waals surface area contributed by atoms with Gasteiger partial charge in [-0.05, 0) is 44.5 Å². The van der Waals surface area contributed by atoms with Gasteiger partial charge in [-0.15, -0.1) is 0 Å². The molecule has 1 saturated heterocycles. The van der Waals surface area contributed by atoms with Gasteiger partial charge in [-0.3, -0.25) is 14.4 Å². The lowest BCUT2D eigenvalue weighted by Gasteiger charge is -2.27. The molecule has 1 aliphatic heterocycles. The SMILES string of the molecule is CC(C)NC(=O)c1ccc(C(=O)NC2(CC(=O)O)CCOC2)cc1. The average molecular weight is 334 g/mol. The molecule has 24 heavy (non-hydrogen) atoms. The van der Waals surface area contributed by atoms with E-state index in [9.17, 15) is 14.4 Å². The number of hydrogen-bond acceptors (Lipinski definition) is 4. The van der Waals surface area contributed by atoms with Crippen molar-refractivity contribution in [2.75, 3.05) is 13.2 Å². The minimum Gasteiger partial charge on any atom is -0.481 e. The number of nitrogens with one attached hydrogen (secondary N) is 2. The second kappa shape index (κ2) is 7.44. The topological polar surface area (TPSA) is 105 Å². The van der Waals surface area contributed by atoms with Crippen LogP contribution in [0.5, 0.6) is 0 Å². The number of benzene rings is 1. The largest absolute Gasteiger partial charge is 0.481 e. The van der Waals surface area contributed by atoms with Gasteiger partial charge in [0.05, 0.1) is 18.6 Å². The summed E-state index contributed by atoms with van der Waals surface area (Å²) in [5, 5.41) is 14.6. The molecule has 1 unspecified atom stereocenters. The number of carboxylic acids is 1. The fourth-order valence-corrected chi connectivity index (χ4v) is 2.61. The number of carbonyl (C=O) groups excluding carboxylic acids is 2. The maximum atomic E-state index is 12.4. The maximum absolute atomic E-state index is 12.4. The van der Waals surface area contributed by atoms with Gasteiger partial charge < -0.3 is 20.5 Å². The predicted octanol–water partition coefficient (Wildman–Crippen LogP) is 1.19. The first kappa shape index (κ1) is 17.9.